The maximum atomic E-state index is 12.7. The molecular weight excluding hydrogens is 199 g/mol. The fourth-order valence-electron chi connectivity index (χ4n) is 1.06. The van der Waals surface area contributed by atoms with Crippen LogP contribution in [0.5, 0.6) is 5.75 Å². The zero-order valence-corrected chi connectivity index (χ0v) is 8.93. The first-order valence-electron chi connectivity index (χ1n) is 4.39. The summed E-state index contributed by atoms with van der Waals surface area (Å²) in [5, 5.41) is 0. The smallest absolute Gasteiger partial charge is 0.123 e. The Hall–Kier alpha value is -0.960. The summed E-state index contributed by atoms with van der Waals surface area (Å²) < 4.78 is 18.1. The van der Waals surface area contributed by atoms with E-state index >= 15 is 0 Å². The summed E-state index contributed by atoms with van der Waals surface area (Å²) in [4.78, 5) is 0. The zero-order valence-electron chi connectivity index (χ0n) is 8.03. The molecule has 0 radical (unpaired) electrons. The van der Waals surface area contributed by atoms with Gasteiger partial charge in [-0.2, -0.15) is 12.6 Å². The number of halogens is 1. The van der Waals surface area contributed by atoms with Gasteiger partial charge in [0.1, 0.15) is 18.2 Å². The molecule has 0 atom stereocenters. The van der Waals surface area contributed by atoms with Crippen LogP contribution in [0.25, 0.3) is 0 Å². The standard InChI is InChI=1S/C11H13FOS/c1-9-8-10(12)4-5-11(9)13-6-2-3-7-14/h2-5,8,14H,6-7H2,1H3/b3-2+. The van der Waals surface area contributed by atoms with Crippen LogP contribution in [0.15, 0.2) is 30.4 Å². The molecule has 0 unspecified atom stereocenters. The molecule has 1 nitrogen and oxygen atoms in total. The van der Waals surface area contributed by atoms with Crippen molar-refractivity contribution in [3.8, 4) is 5.75 Å². The van der Waals surface area contributed by atoms with Crippen LogP contribution in [0, 0.1) is 12.7 Å². The summed E-state index contributed by atoms with van der Waals surface area (Å²) in [6, 6.07) is 4.49. The molecule has 1 aromatic carbocycles. The third-order valence-electron chi connectivity index (χ3n) is 1.74. The van der Waals surface area contributed by atoms with Crippen molar-refractivity contribution in [3.05, 3.63) is 41.7 Å². The number of ether oxygens (including phenoxy) is 1. The second-order valence-corrected chi connectivity index (χ2v) is 3.24. The van der Waals surface area contributed by atoms with Crippen LogP contribution in [-0.4, -0.2) is 12.4 Å². The molecule has 76 valence electrons. The predicted octanol–water partition coefficient (Wildman–Crippen LogP) is 3.00. The minimum Gasteiger partial charge on any atom is -0.489 e. The highest BCUT2D eigenvalue weighted by atomic mass is 32.1. The molecule has 0 saturated carbocycles. The van der Waals surface area contributed by atoms with Crippen molar-refractivity contribution in [2.45, 2.75) is 6.92 Å². The Morgan fingerprint density at radius 3 is 2.86 bits per heavy atom. The summed E-state index contributed by atoms with van der Waals surface area (Å²) in [5.74, 6) is 1.18. The maximum Gasteiger partial charge on any atom is 0.123 e. The number of rotatable bonds is 4. The molecule has 0 aliphatic carbocycles. The molecule has 0 amide bonds. The van der Waals surface area contributed by atoms with E-state index in [2.05, 4.69) is 12.6 Å². The van der Waals surface area contributed by atoms with E-state index in [9.17, 15) is 4.39 Å². The molecule has 0 aromatic heterocycles. The summed E-state index contributed by atoms with van der Waals surface area (Å²) in [6.07, 6.45) is 3.79. The van der Waals surface area contributed by atoms with E-state index < -0.39 is 0 Å². The fraction of sp³-hybridized carbons (Fsp3) is 0.273. The quantitative estimate of drug-likeness (QED) is 0.596. The number of aryl methyl sites for hydroxylation is 1. The Morgan fingerprint density at radius 2 is 2.21 bits per heavy atom. The van der Waals surface area contributed by atoms with Crippen LogP contribution in [0.2, 0.25) is 0 Å². The first-order chi connectivity index (χ1) is 6.74. The minimum atomic E-state index is -0.235. The lowest BCUT2D eigenvalue weighted by molar-refractivity contribution is 0.359. The largest absolute Gasteiger partial charge is 0.489 e. The van der Waals surface area contributed by atoms with Crippen LogP contribution >= 0.6 is 12.6 Å². The van der Waals surface area contributed by atoms with Gasteiger partial charge in [0.05, 0.1) is 0 Å². The topological polar surface area (TPSA) is 9.23 Å². The van der Waals surface area contributed by atoms with Gasteiger partial charge < -0.3 is 4.74 Å². The molecular formula is C11H13FOS. The maximum absolute atomic E-state index is 12.7. The average molecular weight is 212 g/mol. The van der Waals surface area contributed by atoms with E-state index in [1.807, 2.05) is 19.1 Å². The summed E-state index contributed by atoms with van der Waals surface area (Å²) in [5.41, 5.74) is 0.810. The first kappa shape index (κ1) is 11.1. The molecule has 1 aromatic rings. The molecule has 3 heteroatoms. The second-order valence-electron chi connectivity index (χ2n) is 2.87. The second kappa shape index (κ2) is 5.70. The van der Waals surface area contributed by atoms with Gasteiger partial charge in [0, 0.05) is 5.75 Å². The molecule has 0 saturated heterocycles. The van der Waals surface area contributed by atoms with Gasteiger partial charge >= 0.3 is 0 Å². The molecule has 0 bridgehead atoms. The summed E-state index contributed by atoms with van der Waals surface area (Å²) in [7, 11) is 0. The fourth-order valence-corrected chi connectivity index (χ4v) is 1.20. The zero-order chi connectivity index (χ0) is 10.4. The summed E-state index contributed by atoms with van der Waals surface area (Å²) >= 11 is 4.02. The number of thiol groups is 1. The van der Waals surface area contributed by atoms with Crippen LogP contribution < -0.4 is 4.74 Å². The Morgan fingerprint density at radius 1 is 1.43 bits per heavy atom. The van der Waals surface area contributed by atoms with Gasteiger partial charge in [0.25, 0.3) is 0 Å². The van der Waals surface area contributed by atoms with Gasteiger partial charge in [-0.25, -0.2) is 4.39 Å². The molecule has 0 heterocycles. The normalized spacial score (nSPS) is 10.8. The van der Waals surface area contributed by atoms with Crippen LogP contribution in [0.3, 0.4) is 0 Å². The van der Waals surface area contributed by atoms with Crippen molar-refractivity contribution < 1.29 is 9.13 Å². The van der Waals surface area contributed by atoms with E-state index in [-0.39, 0.29) is 5.82 Å². The van der Waals surface area contributed by atoms with E-state index in [4.69, 9.17) is 4.74 Å². The highest BCUT2D eigenvalue weighted by Gasteiger charge is 1.99. The predicted molar refractivity (Wildman–Crippen MR) is 59.6 cm³/mol. The van der Waals surface area contributed by atoms with Gasteiger partial charge in [-0.1, -0.05) is 12.2 Å². The number of benzene rings is 1. The van der Waals surface area contributed by atoms with E-state index in [1.54, 1.807) is 6.07 Å². The molecule has 14 heavy (non-hydrogen) atoms. The molecule has 1 rings (SSSR count). The Balaban J connectivity index is 2.55. The van der Waals surface area contributed by atoms with E-state index in [0.29, 0.717) is 12.4 Å². The molecule has 0 spiro atoms. The lowest BCUT2D eigenvalue weighted by atomic mass is 10.2. The SMILES string of the molecule is Cc1cc(F)ccc1OC/C=C/CS. The van der Waals surface area contributed by atoms with E-state index in [0.717, 1.165) is 11.3 Å². The monoisotopic (exact) mass is 212 g/mol. The van der Waals surface area contributed by atoms with Crippen molar-refractivity contribution in [3.63, 3.8) is 0 Å². The van der Waals surface area contributed by atoms with Gasteiger partial charge in [-0.05, 0) is 30.7 Å². The molecule has 0 fully saturated rings. The van der Waals surface area contributed by atoms with Crippen molar-refractivity contribution in [1.82, 2.24) is 0 Å². The highest BCUT2D eigenvalue weighted by molar-refractivity contribution is 7.80. The molecule has 0 aliphatic rings. The highest BCUT2D eigenvalue weighted by Crippen LogP contribution is 2.18. The number of hydrogen-bond donors (Lipinski definition) is 1. The molecule has 0 N–H and O–H groups in total. The summed E-state index contributed by atoms with van der Waals surface area (Å²) in [6.45, 7) is 2.31. The molecule has 0 aliphatic heterocycles. The lowest BCUT2D eigenvalue weighted by Crippen LogP contribution is -1.95. The van der Waals surface area contributed by atoms with Gasteiger partial charge in [-0.3, -0.25) is 0 Å². The average Bonchev–Trinajstić information content (AvgIpc) is 2.15. The Labute approximate surface area is 89.0 Å². The number of hydrogen-bond acceptors (Lipinski definition) is 2. The van der Waals surface area contributed by atoms with Gasteiger partial charge in [0.2, 0.25) is 0 Å². The van der Waals surface area contributed by atoms with Crippen LogP contribution in [0.4, 0.5) is 4.39 Å². The van der Waals surface area contributed by atoms with Crippen molar-refractivity contribution >= 4 is 12.6 Å². The van der Waals surface area contributed by atoms with E-state index in [1.165, 1.54) is 12.1 Å². The van der Waals surface area contributed by atoms with Crippen molar-refractivity contribution in [2.75, 3.05) is 12.4 Å². The third-order valence-corrected chi connectivity index (χ3v) is 1.95. The Kier molecular flexibility index (Phi) is 4.53. The lowest BCUT2D eigenvalue weighted by Gasteiger charge is -2.06. The van der Waals surface area contributed by atoms with Crippen LogP contribution in [-0.2, 0) is 0 Å². The first-order valence-corrected chi connectivity index (χ1v) is 5.02. The third kappa shape index (κ3) is 3.42. The van der Waals surface area contributed by atoms with Crippen LogP contribution in [0.1, 0.15) is 5.56 Å². The van der Waals surface area contributed by atoms with Gasteiger partial charge in [0.15, 0.2) is 0 Å². The van der Waals surface area contributed by atoms with Crippen molar-refractivity contribution in [1.29, 1.82) is 0 Å². The Bertz CT molecular complexity index is 323. The van der Waals surface area contributed by atoms with Gasteiger partial charge in [-0.15, -0.1) is 0 Å². The van der Waals surface area contributed by atoms with Crippen molar-refractivity contribution in [2.24, 2.45) is 0 Å². The minimum absolute atomic E-state index is 0.235.